The molecule has 0 atom stereocenters. The first kappa shape index (κ1) is 39.1. The molecule has 0 saturated heterocycles. The molecule has 5 nitrogen and oxygen atoms in total. The molecule has 6 aromatic rings. The molecule has 244 valence electrons. The minimum Gasteiger partial charge on any atom is -0.426 e. The molecule has 0 spiro atoms. The summed E-state index contributed by atoms with van der Waals surface area (Å²) in [6.45, 7) is 0. The van der Waals surface area contributed by atoms with E-state index in [0.29, 0.717) is 17.1 Å². The molecule has 2 N–H and O–H groups in total. The molecule has 0 aromatic heterocycles. The van der Waals surface area contributed by atoms with E-state index in [9.17, 15) is 18.4 Å². The number of nitrogen functional groups attached to an aromatic ring is 1. The SMILES string of the molecule is II(I)I.Nc1ccccc1F.O=C(Cc1ccccc1F)Oc1ccc2ccccc2c1.O=C(Cl)Oc1ccc2ccccc2c1. The van der Waals surface area contributed by atoms with E-state index in [4.69, 9.17) is 26.8 Å². The summed E-state index contributed by atoms with van der Waals surface area (Å²) < 4.78 is 35.7. The second-order valence-corrected chi connectivity index (χ2v) is 58.3. The van der Waals surface area contributed by atoms with Gasteiger partial charge < -0.3 is 15.2 Å². The Kier molecular flexibility index (Phi) is 17.4. The van der Waals surface area contributed by atoms with E-state index in [1.807, 2.05) is 60.7 Å². The molecule has 6 aromatic carbocycles. The fraction of sp³-hybridized carbons (Fsp3) is 0.0286. The van der Waals surface area contributed by atoms with Gasteiger partial charge in [0.2, 0.25) is 0 Å². The van der Waals surface area contributed by atoms with Crippen molar-refractivity contribution in [2.75, 3.05) is 5.73 Å². The number of benzene rings is 6. The maximum Gasteiger partial charge on any atom is 0.409 e. The maximum atomic E-state index is 13.5. The standard InChI is InChI=1S/C18H13FO2.C11H7ClO2.C6H6FN.I4/c19-17-8-4-3-7-15(17)12-18(20)21-16-10-9-13-5-1-2-6-14(13)11-16;12-11(13)14-10-6-5-8-3-1-2-4-9(8)7-10;7-5-3-1-2-4-6(5)8;1-4(2)3/h1-11H,12H2;1-7H;1-4H,8H2;. The van der Waals surface area contributed by atoms with Crippen LogP contribution in [0.2, 0.25) is 0 Å². The Labute approximate surface area is 312 Å². The number of halogens is 7. The first-order chi connectivity index (χ1) is 22.5. The Bertz CT molecular complexity index is 1910. The second-order valence-electron chi connectivity index (χ2n) is 9.28. The predicted octanol–water partition coefficient (Wildman–Crippen LogP) is 12.7. The van der Waals surface area contributed by atoms with Crippen molar-refractivity contribution in [3.63, 3.8) is 0 Å². The zero-order valence-electron chi connectivity index (χ0n) is 24.3. The largest absolute Gasteiger partial charge is 0.426 e. The van der Waals surface area contributed by atoms with Gasteiger partial charge in [0.15, 0.2) is 0 Å². The molecule has 0 unspecified atom stereocenters. The van der Waals surface area contributed by atoms with Gasteiger partial charge in [-0.15, -0.1) is 0 Å². The third-order valence-corrected chi connectivity index (χ3v) is 6.15. The van der Waals surface area contributed by atoms with Crippen molar-refractivity contribution in [3.05, 3.63) is 151 Å². The number of fused-ring (bicyclic) bond motifs is 2. The minimum absolute atomic E-state index is 0.0838. The fourth-order valence-corrected chi connectivity index (χ4v) is 4.08. The van der Waals surface area contributed by atoms with Crippen LogP contribution in [0.25, 0.3) is 21.5 Å². The normalized spacial score (nSPS) is 10.2. The number of para-hydroxylation sites is 1. The first-order valence-electron chi connectivity index (χ1n) is 13.5. The van der Waals surface area contributed by atoms with E-state index >= 15 is 0 Å². The molecule has 0 saturated carbocycles. The van der Waals surface area contributed by atoms with E-state index in [-0.39, 0.29) is 25.8 Å². The molecule has 0 fully saturated rings. The Hall–Kier alpha value is -2.35. The number of rotatable bonds is 4. The number of carbonyl (C=O) groups excluding carboxylic acids is 2. The van der Waals surface area contributed by atoms with Crippen molar-refractivity contribution in [2.45, 2.75) is 6.42 Å². The van der Waals surface area contributed by atoms with Crippen LogP contribution >= 0.6 is 75.3 Å². The number of carbonyl (C=O) groups is 2. The maximum absolute atomic E-state index is 13.5. The molecular weight excluding hydrogens is 1080 g/mol. The number of esters is 1. The number of anilines is 1. The van der Waals surface area contributed by atoms with Gasteiger partial charge in [0.25, 0.3) is 0 Å². The molecule has 0 bridgehead atoms. The molecule has 47 heavy (non-hydrogen) atoms. The minimum atomic E-state index is -0.819. The quantitative estimate of drug-likeness (QED) is 0.0626. The van der Waals surface area contributed by atoms with Gasteiger partial charge in [-0.3, -0.25) is 4.79 Å². The summed E-state index contributed by atoms with van der Waals surface area (Å²) in [6, 6.07) is 38.8. The third kappa shape index (κ3) is 14.7. The Balaban J connectivity index is 0.000000198. The van der Waals surface area contributed by atoms with Crippen LogP contribution in [0.5, 0.6) is 11.5 Å². The van der Waals surface area contributed by atoms with Crippen LogP contribution in [0.4, 0.5) is 19.3 Å². The number of hydrogen-bond acceptors (Lipinski definition) is 5. The smallest absolute Gasteiger partial charge is 0.409 e. The van der Waals surface area contributed by atoms with Gasteiger partial charge in [0.1, 0.15) is 23.1 Å². The van der Waals surface area contributed by atoms with E-state index in [1.54, 1.807) is 54.6 Å². The van der Waals surface area contributed by atoms with E-state index < -0.39 is 17.2 Å². The molecule has 0 radical (unpaired) electrons. The molecule has 0 aliphatic heterocycles. The van der Waals surface area contributed by atoms with Crippen molar-refractivity contribution < 1.29 is 27.8 Å². The van der Waals surface area contributed by atoms with Gasteiger partial charge in [-0.25, -0.2) is 13.6 Å². The average molecular weight is 1110 g/mol. The van der Waals surface area contributed by atoms with Crippen molar-refractivity contribution in [1.82, 2.24) is 0 Å². The van der Waals surface area contributed by atoms with Crippen LogP contribution < -0.4 is 15.2 Å². The Morgan fingerprint density at radius 2 is 1.04 bits per heavy atom. The summed E-state index contributed by atoms with van der Waals surface area (Å²) in [5.74, 6) is -0.297. The number of nitrogens with two attached hydrogens (primary N) is 1. The van der Waals surface area contributed by atoms with Gasteiger partial charge >= 0.3 is 75.1 Å². The fourth-order valence-electron chi connectivity index (χ4n) is 3.99. The van der Waals surface area contributed by atoms with Crippen molar-refractivity contribution in [1.29, 1.82) is 0 Å². The molecular formula is C35H26ClF2I4NO4. The molecule has 12 heteroatoms. The molecule has 0 amide bonds. The van der Waals surface area contributed by atoms with Crippen molar-refractivity contribution in [2.24, 2.45) is 0 Å². The van der Waals surface area contributed by atoms with Crippen LogP contribution in [-0.2, 0) is 11.2 Å². The summed E-state index contributed by atoms with van der Waals surface area (Å²) in [5, 5.41) is 4.19. The molecule has 6 rings (SSSR count). The van der Waals surface area contributed by atoms with Crippen LogP contribution in [-0.4, -0.2) is 11.4 Å². The zero-order valence-corrected chi connectivity index (χ0v) is 33.7. The van der Waals surface area contributed by atoms with E-state index in [1.165, 1.54) is 18.2 Å². The summed E-state index contributed by atoms with van der Waals surface area (Å²) in [4.78, 5) is 22.4. The van der Waals surface area contributed by atoms with E-state index in [2.05, 4.69) is 55.8 Å². The van der Waals surface area contributed by atoms with Crippen LogP contribution in [0.3, 0.4) is 0 Å². The van der Waals surface area contributed by atoms with Crippen LogP contribution in [0.1, 0.15) is 5.56 Å². The predicted molar refractivity (Wildman–Crippen MR) is 222 cm³/mol. The van der Waals surface area contributed by atoms with E-state index in [0.717, 1.165) is 21.5 Å². The van der Waals surface area contributed by atoms with Gasteiger partial charge in [0.05, 0.1) is 12.1 Å². The van der Waals surface area contributed by atoms with Crippen LogP contribution in [0.15, 0.2) is 133 Å². The number of ether oxygens (including phenoxy) is 2. The van der Waals surface area contributed by atoms with Crippen molar-refractivity contribution in [3.8, 4) is 11.5 Å². The topological polar surface area (TPSA) is 78.6 Å². The van der Waals surface area contributed by atoms with Crippen molar-refractivity contribution >= 4 is 114 Å². The average Bonchev–Trinajstić information content (AvgIpc) is 3.03. The molecule has 0 heterocycles. The first-order valence-corrected chi connectivity index (χ1v) is 32.7. The van der Waals surface area contributed by atoms with Gasteiger partial charge in [-0.1, -0.05) is 91.0 Å². The second kappa shape index (κ2) is 20.9. The third-order valence-electron chi connectivity index (χ3n) is 6.07. The van der Waals surface area contributed by atoms with Gasteiger partial charge in [-0.2, -0.15) is 0 Å². The van der Waals surface area contributed by atoms with Gasteiger partial charge in [-0.05, 0) is 69.6 Å². The summed E-state index contributed by atoms with van der Waals surface area (Å²) in [5.41, 5.74) is 4.86. The Morgan fingerprint density at radius 1 is 0.617 bits per heavy atom. The summed E-state index contributed by atoms with van der Waals surface area (Å²) in [7, 11) is -0.353. The summed E-state index contributed by atoms with van der Waals surface area (Å²) in [6.07, 6.45) is -0.0838. The number of hydrogen-bond donors (Lipinski definition) is 1. The van der Waals surface area contributed by atoms with Crippen LogP contribution in [0, 0.1) is 11.6 Å². The molecule has 0 aliphatic rings. The summed E-state index contributed by atoms with van der Waals surface area (Å²) >= 11 is 12.5. The monoisotopic (exact) mass is 1100 g/mol. The van der Waals surface area contributed by atoms with Gasteiger partial charge in [0, 0.05) is 11.6 Å². The Morgan fingerprint density at radius 3 is 1.49 bits per heavy atom. The zero-order chi connectivity index (χ0) is 34.2. The molecule has 0 aliphatic carbocycles.